The van der Waals surface area contributed by atoms with E-state index in [-0.39, 0.29) is 25.3 Å². The number of aliphatic imine (C=N–C) groups is 1. The van der Waals surface area contributed by atoms with Crippen LogP contribution in [-0.2, 0) is 25.6 Å². The number of hydrogen-bond acceptors (Lipinski definition) is 8. The lowest BCUT2D eigenvalue weighted by Crippen LogP contribution is -2.58. The number of benzene rings is 1. The molecule has 15 heteroatoms. The van der Waals surface area contributed by atoms with Gasteiger partial charge < -0.3 is 48.3 Å². The smallest absolute Gasteiger partial charge is 0.328 e. The van der Waals surface area contributed by atoms with Crippen molar-refractivity contribution < 1.29 is 29.4 Å². The molecule has 14 nitrogen and oxygen atoms in total. The highest BCUT2D eigenvalue weighted by Crippen LogP contribution is 2.19. The Morgan fingerprint density at radius 1 is 1.02 bits per heavy atom. The zero-order valence-corrected chi connectivity index (χ0v) is 23.9. The molecule has 0 aliphatic rings. The van der Waals surface area contributed by atoms with Crippen LogP contribution in [0.25, 0.3) is 10.9 Å². The first-order chi connectivity index (χ1) is 19.4. The van der Waals surface area contributed by atoms with Crippen molar-refractivity contribution in [1.29, 1.82) is 0 Å². The summed E-state index contributed by atoms with van der Waals surface area (Å²) >= 11 is 1.53. The minimum Gasteiger partial charge on any atom is -0.480 e. The second-order valence-corrected chi connectivity index (χ2v) is 10.6. The molecule has 1 aromatic heterocycles. The van der Waals surface area contributed by atoms with Crippen LogP contribution in [0.1, 0.15) is 31.7 Å². The average molecular weight is 593 g/mol. The van der Waals surface area contributed by atoms with E-state index in [1.807, 2.05) is 30.5 Å². The summed E-state index contributed by atoms with van der Waals surface area (Å²) in [6.45, 7) is 1.43. The summed E-state index contributed by atoms with van der Waals surface area (Å²) in [5.41, 5.74) is 18.2. The number of carboxylic acid groups (broad SMARTS) is 1. The molecule has 1 aromatic carbocycles. The fraction of sp³-hybridized carbons (Fsp3) is 0.500. The number of aliphatic carboxylic acids is 1. The first-order valence-electron chi connectivity index (χ1n) is 13.1. The van der Waals surface area contributed by atoms with Crippen LogP contribution >= 0.6 is 11.8 Å². The Morgan fingerprint density at radius 2 is 1.68 bits per heavy atom. The van der Waals surface area contributed by atoms with Crippen LogP contribution in [0, 0.1) is 0 Å². The minimum absolute atomic E-state index is 0.00433. The number of H-pyrrole nitrogens is 1. The minimum atomic E-state index is -1.60. The monoisotopic (exact) mass is 592 g/mol. The van der Waals surface area contributed by atoms with Crippen molar-refractivity contribution in [1.82, 2.24) is 20.9 Å². The van der Waals surface area contributed by atoms with Crippen molar-refractivity contribution in [3.63, 3.8) is 0 Å². The van der Waals surface area contributed by atoms with Crippen LogP contribution in [0.3, 0.4) is 0 Å². The molecular formula is C26H40N8O6S. The molecule has 0 fully saturated rings. The van der Waals surface area contributed by atoms with Gasteiger partial charge in [-0.1, -0.05) is 18.2 Å². The van der Waals surface area contributed by atoms with Gasteiger partial charge in [-0.25, -0.2) is 4.79 Å². The number of carboxylic acids is 1. The number of nitrogens with two attached hydrogens (primary N) is 3. The van der Waals surface area contributed by atoms with Crippen LogP contribution < -0.4 is 33.2 Å². The fourth-order valence-electron chi connectivity index (χ4n) is 4.07. The molecule has 0 aliphatic carbocycles. The van der Waals surface area contributed by atoms with E-state index in [1.165, 1.54) is 18.7 Å². The number of para-hydroxylation sites is 1. The number of amides is 3. The highest BCUT2D eigenvalue weighted by molar-refractivity contribution is 7.98. The first kappa shape index (κ1) is 33.4. The number of fused-ring (bicyclic) bond motifs is 1. The van der Waals surface area contributed by atoms with Gasteiger partial charge in [-0.2, -0.15) is 11.8 Å². The number of nitrogens with zero attached hydrogens (tertiary/aromatic N) is 1. The Balaban J connectivity index is 2.32. The molecule has 0 radical (unpaired) electrons. The van der Waals surface area contributed by atoms with Gasteiger partial charge in [-0.3, -0.25) is 19.4 Å². The molecule has 0 saturated carbocycles. The Morgan fingerprint density at radius 3 is 2.32 bits per heavy atom. The van der Waals surface area contributed by atoms with E-state index in [0.717, 1.165) is 10.9 Å². The number of aliphatic hydroxyl groups excluding tert-OH is 1. The molecule has 12 N–H and O–H groups in total. The fourth-order valence-corrected chi connectivity index (χ4v) is 4.56. The summed E-state index contributed by atoms with van der Waals surface area (Å²) in [6.07, 6.45) is 3.04. The molecule has 2 aromatic rings. The normalized spacial score (nSPS) is 14.7. The second-order valence-electron chi connectivity index (χ2n) is 9.59. The van der Waals surface area contributed by atoms with Crippen molar-refractivity contribution in [3.8, 4) is 0 Å². The molecule has 41 heavy (non-hydrogen) atoms. The van der Waals surface area contributed by atoms with Gasteiger partial charge in [0.05, 0.1) is 12.1 Å². The quantitative estimate of drug-likeness (QED) is 0.0600. The largest absolute Gasteiger partial charge is 0.480 e. The van der Waals surface area contributed by atoms with Crippen LogP contribution in [0.5, 0.6) is 0 Å². The van der Waals surface area contributed by atoms with Gasteiger partial charge in [0, 0.05) is 30.1 Å². The molecule has 226 valence electrons. The number of aromatic amines is 1. The molecule has 0 bridgehead atoms. The number of carbonyl (C=O) groups is 4. The van der Waals surface area contributed by atoms with Crippen molar-refractivity contribution in [2.24, 2.45) is 22.2 Å². The summed E-state index contributed by atoms with van der Waals surface area (Å²) in [6, 6.07) is 2.58. The van der Waals surface area contributed by atoms with Gasteiger partial charge in [0.1, 0.15) is 12.1 Å². The Labute approximate surface area is 242 Å². The number of aromatic nitrogens is 1. The van der Waals surface area contributed by atoms with Crippen LogP contribution in [0.4, 0.5) is 0 Å². The van der Waals surface area contributed by atoms with Crippen LogP contribution in [-0.4, -0.2) is 93.7 Å². The van der Waals surface area contributed by atoms with Gasteiger partial charge in [-0.05, 0) is 49.8 Å². The van der Waals surface area contributed by atoms with Gasteiger partial charge in [0.2, 0.25) is 17.7 Å². The predicted octanol–water partition coefficient (Wildman–Crippen LogP) is -1.24. The number of carbonyl (C=O) groups excluding carboxylic acids is 3. The van der Waals surface area contributed by atoms with E-state index in [2.05, 4.69) is 25.9 Å². The molecule has 0 saturated heterocycles. The second kappa shape index (κ2) is 16.4. The third kappa shape index (κ3) is 10.6. The standard InChI is InChI=1S/C26H40N8O6S/c1-14(35)21(25(39)40)34-24(38)20(12-15-13-31-18-7-4-3-6-16(15)18)33-23(37)19(8-5-10-30-26(28)29)32-22(36)17(27)9-11-41-2/h3-4,6-7,13-14,17,19-21,31,35H,5,8-12,27H2,1-2H3,(H,32,36)(H,33,37)(H,34,38)(H,39,40)(H4,28,29,30). The number of rotatable bonds is 17. The Kier molecular flexibility index (Phi) is 13.4. The van der Waals surface area contributed by atoms with E-state index >= 15 is 0 Å². The maximum Gasteiger partial charge on any atom is 0.328 e. The average Bonchev–Trinajstić information content (AvgIpc) is 3.33. The maximum absolute atomic E-state index is 13.5. The summed E-state index contributed by atoms with van der Waals surface area (Å²) < 4.78 is 0. The zero-order valence-electron chi connectivity index (χ0n) is 23.1. The molecule has 1 heterocycles. The number of aliphatic hydroxyl groups is 1. The SMILES string of the molecule is CSCCC(N)C(=O)NC(CCCN=C(N)N)C(=O)NC(Cc1c[nH]c2ccccc12)C(=O)NC(C(=O)O)C(C)O. The van der Waals surface area contributed by atoms with Gasteiger partial charge in [0.15, 0.2) is 12.0 Å². The summed E-state index contributed by atoms with van der Waals surface area (Å²) in [4.78, 5) is 58.2. The Hall–Kier alpha value is -3.82. The zero-order chi connectivity index (χ0) is 30.5. The lowest BCUT2D eigenvalue weighted by Gasteiger charge is -2.26. The summed E-state index contributed by atoms with van der Waals surface area (Å²) in [7, 11) is 0. The highest BCUT2D eigenvalue weighted by atomic mass is 32.2. The van der Waals surface area contributed by atoms with E-state index in [1.54, 1.807) is 6.20 Å². The number of nitrogens with one attached hydrogen (secondary N) is 4. The van der Waals surface area contributed by atoms with Crippen molar-refractivity contribution in [2.75, 3.05) is 18.6 Å². The lowest BCUT2D eigenvalue weighted by atomic mass is 10.0. The van der Waals surface area contributed by atoms with Gasteiger partial charge in [-0.15, -0.1) is 0 Å². The van der Waals surface area contributed by atoms with E-state index in [0.29, 0.717) is 24.2 Å². The summed E-state index contributed by atoms with van der Waals surface area (Å²) in [5, 5.41) is 27.8. The molecular weight excluding hydrogens is 552 g/mol. The number of hydrogen-bond donors (Lipinski definition) is 9. The Bertz CT molecular complexity index is 1220. The van der Waals surface area contributed by atoms with E-state index in [4.69, 9.17) is 17.2 Å². The molecule has 2 rings (SSSR count). The topological polar surface area (TPSA) is 251 Å². The third-order valence-electron chi connectivity index (χ3n) is 6.33. The van der Waals surface area contributed by atoms with Crippen LogP contribution in [0.15, 0.2) is 35.5 Å². The lowest BCUT2D eigenvalue weighted by molar-refractivity contribution is -0.145. The van der Waals surface area contributed by atoms with Crippen molar-refractivity contribution in [3.05, 3.63) is 36.0 Å². The molecule has 5 unspecified atom stereocenters. The molecule has 0 aliphatic heterocycles. The molecule has 3 amide bonds. The predicted molar refractivity (Wildman–Crippen MR) is 158 cm³/mol. The molecule has 0 spiro atoms. The van der Waals surface area contributed by atoms with E-state index < -0.39 is 54.0 Å². The van der Waals surface area contributed by atoms with Gasteiger partial charge >= 0.3 is 5.97 Å². The highest BCUT2D eigenvalue weighted by Gasteiger charge is 2.32. The number of thioether (sulfide) groups is 1. The van der Waals surface area contributed by atoms with E-state index in [9.17, 15) is 29.4 Å². The first-order valence-corrected chi connectivity index (χ1v) is 14.5. The third-order valence-corrected chi connectivity index (χ3v) is 6.97. The summed E-state index contributed by atoms with van der Waals surface area (Å²) in [5.74, 6) is -2.93. The van der Waals surface area contributed by atoms with Crippen molar-refractivity contribution in [2.45, 2.75) is 62.9 Å². The maximum atomic E-state index is 13.5. The van der Waals surface area contributed by atoms with Crippen LogP contribution in [0.2, 0.25) is 0 Å². The number of guanidine groups is 1. The van der Waals surface area contributed by atoms with Crippen molar-refractivity contribution >= 4 is 52.3 Å². The van der Waals surface area contributed by atoms with Gasteiger partial charge in [0.25, 0.3) is 0 Å². The molecule has 5 atom stereocenters.